The van der Waals surface area contributed by atoms with E-state index in [9.17, 15) is 9.90 Å². The van der Waals surface area contributed by atoms with Crippen LogP contribution < -0.4 is 39.4 Å². The van der Waals surface area contributed by atoms with Crippen molar-refractivity contribution in [2.45, 2.75) is 58.5 Å². The number of carboxylic acid groups (broad SMARTS) is 1. The number of thiophene rings is 1. The molecule has 1 fully saturated rings. The molecule has 0 spiro atoms. The average Bonchev–Trinajstić information content (AvgIpc) is 3.21. The molecule has 2 aromatic heterocycles. The van der Waals surface area contributed by atoms with Gasteiger partial charge >= 0.3 is 29.6 Å². The smallest absolute Gasteiger partial charge is 0.545 e. The molecule has 2 heterocycles. The normalized spacial score (nSPS) is 14.6. The molecule has 0 radical (unpaired) electrons. The molecule has 2 aromatic carbocycles. The van der Waals surface area contributed by atoms with Crippen LogP contribution in [0.15, 0.2) is 42.5 Å². The van der Waals surface area contributed by atoms with Crippen molar-refractivity contribution in [3.63, 3.8) is 0 Å². The fraction of sp³-hybridized carbons (Fsp3) is 0.379. The molecule has 0 atom stereocenters. The molecule has 0 unspecified atom stereocenters. The van der Waals surface area contributed by atoms with Crippen LogP contribution in [0.1, 0.15) is 60.5 Å². The Balaban J connectivity index is 0.000000307. The molecule has 1 aliphatic rings. The first-order valence-corrected chi connectivity index (χ1v) is 12.8. The molecule has 4 aromatic rings. The predicted molar refractivity (Wildman–Crippen MR) is 141 cm³/mol. The summed E-state index contributed by atoms with van der Waals surface area (Å²) in [5.74, 6) is -0.752. The summed E-state index contributed by atoms with van der Waals surface area (Å²) in [4.78, 5) is 17.6. The Morgan fingerprint density at radius 3 is 2.33 bits per heavy atom. The minimum Gasteiger partial charge on any atom is -0.545 e. The molecular weight excluding hydrogens is 481 g/mol. The third kappa shape index (κ3) is 5.79. The van der Waals surface area contributed by atoms with Gasteiger partial charge in [-0.05, 0) is 68.3 Å². The van der Waals surface area contributed by atoms with Crippen LogP contribution in [-0.2, 0) is 4.74 Å². The van der Waals surface area contributed by atoms with Gasteiger partial charge < -0.3 is 19.4 Å². The summed E-state index contributed by atoms with van der Waals surface area (Å²) in [5.41, 5.74) is 3.58. The Kier molecular flexibility index (Phi) is 9.58. The number of nitrogens with zero attached hydrogens (tertiary/aromatic N) is 1. The maximum absolute atomic E-state index is 11.8. The van der Waals surface area contributed by atoms with E-state index < -0.39 is 5.97 Å². The van der Waals surface area contributed by atoms with Gasteiger partial charge in [0.2, 0.25) is 0 Å². The number of carbonyl (C=O) groups excluding carboxylic acids is 1. The summed E-state index contributed by atoms with van der Waals surface area (Å²) in [6, 6.07) is 13.4. The van der Waals surface area contributed by atoms with Crippen molar-refractivity contribution in [2.75, 3.05) is 14.2 Å². The predicted octanol–water partition coefficient (Wildman–Crippen LogP) is 3.47. The van der Waals surface area contributed by atoms with Gasteiger partial charge in [0, 0.05) is 17.4 Å². The largest absolute Gasteiger partial charge is 1.00 e. The number of rotatable bonds is 4. The number of pyridine rings is 1. The number of carboxylic acids is 1. The van der Waals surface area contributed by atoms with Crippen LogP contribution >= 0.6 is 11.3 Å². The van der Waals surface area contributed by atoms with Crippen molar-refractivity contribution >= 4 is 38.3 Å². The number of benzene rings is 2. The molecule has 0 N–H and O–H groups in total. The number of ether oxygens (including phenoxy) is 2. The minimum absolute atomic E-state index is 0. The summed E-state index contributed by atoms with van der Waals surface area (Å²) in [7, 11) is 3.35. The standard InChI is InChI=1S/C21H17NO3S.C8H16O.Na/c1-11-8-9-16(25-3)18-14(21(23)24)10-15(22-19(11)18)20-12(2)13-6-4-5-7-17(13)26-20;1-8(9-2)6-4-3-5-7-8;/h4-10H,1-3H3,(H,23,24);3-7H2,1-2H3;/q;;+1/p-1. The van der Waals surface area contributed by atoms with Gasteiger partial charge in [-0.25, -0.2) is 4.98 Å². The summed E-state index contributed by atoms with van der Waals surface area (Å²) < 4.78 is 11.9. The first kappa shape index (κ1) is 28.6. The van der Waals surface area contributed by atoms with Gasteiger partial charge in [0.25, 0.3) is 0 Å². The molecule has 0 bridgehead atoms. The zero-order valence-electron chi connectivity index (χ0n) is 22.1. The summed E-state index contributed by atoms with van der Waals surface area (Å²) in [6.45, 7) is 6.17. The molecule has 5 nitrogen and oxygen atoms in total. The second-order valence-electron chi connectivity index (χ2n) is 9.42. The first-order chi connectivity index (χ1) is 16.8. The Morgan fingerprint density at radius 2 is 1.75 bits per heavy atom. The van der Waals surface area contributed by atoms with Crippen molar-refractivity contribution in [3.05, 3.63) is 59.2 Å². The van der Waals surface area contributed by atoms with Gasteiger partial charge in [0.15, 0.2) is 0 Å². The minimum atomic E-state index is -1.23. The second-order valence-corrected chi connectivity index (χ2v) is 10.5. The van der Waals surface area contributed by atoms with Crippen LogP contribution in [0, 0.1) is 13.8 Å². The summed E-state index contributed by atoms with van der Waals surface area (Å²) >= 11 is 1.61. The number of hydrogen-bond donors (Lipinski definition) is 0. The van der Waals surface area contributed by atoms with Gasteiger partial charge in [-0.15, -0.1) is 11.3 Å². The van der Waals surface area contributed by atoms with E-state index in [4.69, 9.17) is 14.5 Å². The van der Waals surface area contributed by atoms with Crippen molar-refractivity contribution < 1.29 is 48.9 Å². The Labute approximate surface area is 239 Å². The number of hydrogen-bond acceptors (Lipinski definition) is 6. The molecule has 0 aliphatic heterocycles. The molecular formula is C29H32NNaO4S. The molecule has 0 amide bonds. The van der Waals surface area contributed by atoms with E-state index in [1.807, 2.05) is 39.2 Å². The topological polar surface area (TPSA) is 71.5 Å². The SMILES string of the molecule is COC1(C)CCCCC1.COc1ccc(C)c2nc(-c3sc4ccccc4c3C)cc(C(=O)[O-])c12.[Na+]. The Hall–Kier alpha value is -1.96. The van der Waals surface area contributed by atoms with E-state index in [-0.39, 0.29) is 40.7 Å². The number of carbonyl (C=O) groups is 1. The Morgan fingerprint density at radius 1 is 1.06 bits per heavy atom. The van der Waals surface area contributed by atoms with Crippen molar-refractivity contribution in [1.29, 1.82) is 0 Å². The van der Waals surface area contributed by atoms with E-state index in [2.05, 4.69) is 19.1 Å². The monoisotopic (exact) mass is 513 g/mol. The van der Waals surface area contributed by atoms with Crippen LogP contribution in [-0.4, -0.2) is 30.8 Å². The molecule has 5 rings (SSSR count). The zero-order chi connectivity index (χ0) is 25.2. The molecule has 36 heavy (non-hydrogen) atoms. The van der Waals surface area contributed by atoms with Crippen molar-refractivity contribution in [3.8, 4) is 16.3 Å². The quantitative estimate of drug-likeness (QED) is 0.391. The zero-order valence-corrected chi connectivity index (χ0v) is 24.9. The molecule has 7 heteroatoms. The molecule has 1 saturated carbocycles. The van der Waals surface area contributed by atoms with E-state index >= 15 is 0 Å². The van der Waals surface area contributed by atoms with E-state index in [0.717, 1.165) is 26.1 Å². The number of methoxy groups -OCH3 is 2. The van der Waals surface area contributed by atoms with Crippen molar-refractivity contribution in [2.24, 2.45) is 0 Å². The maximum Gasteiger partial charge on any atom is 1.00 e. The molecule has 184 valence electrons. The van der Waals surface area contributed by atoms with E-state index in [1.54, 1.807) is 23.5 Å². The number of aryl methyl sites for hydroxylation is 2. The average molecular weight is 514 g/mol. The van der Waals surface area contributed by atoms with Gasteiger partial charge in [-0.3, -0.25) is 0 Å². The van der Waals surface area contributed by atoms with Gasteiger partial charge in [0.1, 0.15) is 5.75 Å². The van der Waals surface area contributed by atoms with Gasteiger partial charge in [-0.2, -0.15) is 0 Å². The summed E-state index contributed by atoms with van der Waals surface area (Å²) in [6.07, 6.45) is 6.61. The number of aromatic nitrogens is 1. The first-order valence-electron chi connectivity index (χ1n) is 12.0. The molecule has 0 saturated heterocycles. The van der Waals surface area contributed by atoms with Crippen LogP contribution in [0.4, 0.5) is 0 Å². The van der Waals surface area contributed by atoms with Gasteiger partial charge in [-0.1, -0.05) is 43.5 Å². The van der Waals surface area contributed by atoms with Crippen LogP contribution in [0.25, 0.3) is 31.6 Å². The van der Waals surface area contributed by atoms with Crippen LogP contribution in [0.2, 0.25) is 0 Å². The van der Waals surface area contributed by atoms with Crippen LogP contribution in [0.5, 0.6) is 5.75 Å². The number of aromatic carboxylic acids is 1. The fourth-order valence-corrected chi connectivity index (χ4v) is 5.98. The molecule has 1 aliphatic carbocycles. The second kappa shape index (κ2) is 12.1. The Bertz CT molecular complexity index is 1370. The maximum atomic E-state index is 11.8. The van der Waals surface area contributed by atoms with Crippen LogP contribution in [0.3, 0.4) is 0 Å². The third-order valence-electron chi connectivity index (χ3n) is 7.04. The van der Waals surface area contributed by atoms with Gasteiger partial charge in [0.05, 0.1) is 40.2 Å². The third-order valence-corrected chi connectivity index (χ3v) is 8.34. The van der Waals surface area contributed by atoms with E-state index in [0.29, 0.717) is 22.3 Å². The fourth-order valence-electron chi connectivity index (χ4n) is 4.81. The van der Waals surface area contributed by atoms with Crippen molar-refractivity contribution in [1.82, 2.24) is 4.98 Å². The number of fused-ring (bicyclic) bond motifs is 2. The summed E-state index contributed by atoms with van der Waals surface area (Å²) in [5, 5.41) is 13.5. The van der Waals surface area contributed by atoms with E-state index in [1.165, 1.54) is 39.2 Å².